The maximum Gasteiger partial charge on any atom is 0.403 e. The maximum atomic E-state index is 12.6. The summed E-state index contributed by atoms with van der Waals surface area (Å²) in [6.45, 7) is 3.56. The minimum absolute atomic E-state index is 0.0669. The molecule has 298 valence electrons. The van der Waals surface area contributed by atoms with Crippen LogP contribution in [0.3, 0.4) is 0 Å². The number of aliphatic hydroxyl groups excluding tert-OH is 4. The molecule has 0 rings (SSSR count). The van der Waals surface area contributed by atoms with Crippen LogP contribution in [0.2, 0.25) is 0 Å². The SMILES string of the molecule is CCCCCCCCCCCCCCCCCC(=O)OC(O)(OC(=O)CCCCCCCCCCCCCCCCC)[C@@H](O)[C@H](O)[C@H](O)CO. The van der Waals surface area contributed by atoms with Crippen LogP contribution in [0.5, 0.6) is 0 Å². The molecule has 0 heterocycles. The lowest BCUT2D eigenvalue weighted by molar-refractivity contribution is -0.374. The van der Waals surface area contributed by atoms with Crippen molar-refractivity contribution in [2.45, 2.75) is 244 Å². The van der Waals surface area contributed by atoms with Crippen molar-refractivity contribution >= 4 is 11.9 Å². The Labute approximate surface area is 306 Å². The first-order valence-electron chi connectivity index (χ1n) is 21.0. The standard InChI is InChI=1S/C41H80O9/c1-3-5-7-9-11-13-15-17-19-21-23-25-27-29-31-33-37(44)49-41(48,40(47)39(46)36(43)35-42)50-38(45)34-32-30-28-26-24-22-20-18-16-14-12-10-8-6-4-2/h36,39-40,42-43,46-48H,3-35H2,1-2H3/t36-,39-,40+/m1/s1. The summed E-state index contributed by atoms with van der Waals surface area (Å²) in [5.41, 5.74) is 0. The van der Waals surface area contributed by atoms with Crippen LogP contribution in [0.25, 0.3) is 0 Å². The first-order chi connectivity index (χ1) is 24.2. The quantitative estimate of drug-likeness (QED) is 0.0239. The maximum absolute atomic E-state index is 12.6. The second-order valence-electron chi connectivity index (χ2n) is 14.7. The molecule has 0 aliphatic carbocycles. The zero-order chi connectivity index (χ0) is 37.1. The van der Waals surface area contributed by atoms with Gasteiger partial charge in [-0.05, 0) is 12.8 Å². The molecule has 0 amide bonds. The summed E-state index contributed by atoms with van der Waals surface area (Å²) in [5, 5.41) is 50.5. The minimum atomic E-state index is -3.19. The molecule has 0 aromatic carbocycles. The number of unbranched alkanes of at least 4 members (excludes halogenated alkanes) is 28. The van der Waals surface area contributed by atoms with Crippen molar-refractivity contribution in [2.24, 2.45) is 0 Å². The van der Waals surface area contributed by atoms with E-state index in [1.54, 1.807) is 0 Å². The molecule has 0 aromatic rings. The van der Waals surface area contributed by atoms with E-state index in [1.807, 2.05) is 0 Å². The molecule has 0 radical (unpaired) electrons. The molecule has 5 N–H and O–H groups in total. The van der Waals surface area contributed by atoms with Crippen LogP contribution in [-0.4, -0.2) is 68.4 Å². The highest BCUT2D eigenvalue weighted by Gasteiger charge is 2.50. The third kappa shape index (κ3) is 28.3. The van der Waals surface area contributed by atoms with Gasteiger partial charge < -0.3 is 35.0 Å². The zero-order valence-electron chi connectivity index (χ0n) is 32.4. The van der Waals surface area contributed by atoms with Crippen molar-refractivity contribution in [2.75, 3.05) is 6.61 Å². The van der Waals surface area contributed by atoms with Gasteiger partial charge in [-0.3, -0.25) is 9.59 Å². The predicted molar refractivity (Wildman–Crippen MR) is 201 cm³/mol. The highest BCUT2D eigenvalue weighted by molar-refractivity contribution is 5.71. The number of aliphatic hydroxyl groups is 5. The molecule has 0 saturated carbocycles. The smallest absolute Gasteiger partial charge is 0.396 e. The van der Waals surface area contributed by atoms with Gasteiger partial charge in [-0.2, -0.15) is 0 Å². The van der Waals surface area contributed by atoms with E-state index in [9.17, 15) is 30.0 Å². The number of rotatable bonds is 38. The van der Waals surface area contributed by atoms with E-state index in [0.29, 0.717) is 12.8 Å². The lowest BCUT2D eigenvalue weighted by atomic mass is 10.0. The number of hydrogen-bond acceptors (Lipinski definition) is 9. The fourth-order valence-corrected chi connectivity index (χ4v) is 6.39. The van der Waals surface area contributed by atoms with Crippen LogP contribution in [0.15, 0.2) is 0 Å². The molecule has 0 aliphatic rings. The van der Waals surface area contributed by atoms with Gasteiger partial charge in [-0.1, -0.05) is 194 Å². The second kappa shape index (κ2) is 34.8. The van der Waals surface area contributed by atoms with Crippen molar-refractivity contribution in [3.8, 4) is 0 Å². The van der Waals surface area contributed by atoms with E-state index in [1.165, 1.54) is 128 Å². The van der Waals surface area contributed by atoms with E-state index in [0.717, 1.165) is 51.4 Å². The molecule has 3 atom stereocenters. The lowest BCUT2D eigenvalue weighted by Gasteiger charge is -2.34. The molecule has 50 heavy (non-hydrogen) atoms. The van der Waals surface area contributed by atoms with E-state index < -0.39 is 42.8 Å². The summed E-state index contributed by atoms with van der Waals surface area (Å²) in [6, 6.07) is 0. The molecule has 0 saturated heterocycles. The molecule has 9 nitrogen and oxygen atoms in total. The molecular weight excluding hydrogens is 636 g/mol. The molecular formula is C41H80O9. The van der Waals surface area contributed by atoms with Crippen LogP contribution in [0, 0.1) is 0 Å². The van der Waals surface area contributed by atoms with Crippen molar-refractivity contribution < 1.29 is 44.6 Å². The Balaban J connectivity index is 4.27. The predicted octanol–water partition coefficient (Wildman–Crippen LogP) is 9.32. The zero-order valence-corrected chi connectivity index (χ0v) is 32.4. The molecule has 0 unspecified atom stereocenters. The normalized spacial score (nSPS) is 13.7. The van der Waals surface area contributed by atoms with Gasteiger partial charge in [0.2, 0.25) is 0 Å². The Bertz CT molecular complexity index is 714. The molecule has 0 fully saturated rings. The number of esters is 2. The highest BCUT2D eigenvalue weighted by Crippen LogP contribution is 2.23. The van der Waals surface area contributed by atoms with Crippen molar-refractivity contribution in [3.05, 3.63) is 0 Å². The Hall–Kier alpha value is -1.26. The Morgan fingerprint density at radius 3 is 0.940 bits per heavy atom. The minimum Gasteiger partial charge on any atom is -0.396 e. The van der Waals surface area contributed by atoms with Crippen molar-refractivity contribution in [3.63, 3.8) is 0 Å². The van der Waals surface area contributed by atoms with Crippen LogP contribution >= 0.6 is 0 Å². The number of carbonyl (C=O) groups is 2. The summed E-state index contributed by atoms with van der Waals surface area (Å²) < 4.78 is 10.0. The molecule has 0 bridgehead atoms. The van der Waals surface area contributed by atoms with Gasteiger partial charge in [0, 0.05) is 12.8 Å². The van der Waals surface area contributed by atoms with Gasteiger partial charge in [-0.15, -0.1) is 0 Å². The fraction of sp³-hybridized carbons (Fsp3) is 0.951. The Kier molecular flexibility index (Phi) is 33.9. The van der Waals surface area contributed by atoms with E-state index in [-0.39, 0.29) is 12.8 Å². The molecule has 0 aliphatic heterocycles. The van der Waals surface area contributed by atoms with Crippen molar-refractivity contribution in [1.29, 1.82) is 0 Å². The molecule has 9 heteroatoms. The largest absolute Gasteiger partial charge is 0.403 e. The topological polar surface area (TPSA) is 154 Å². The first-order valence-corrected chi connectivity index (χ1v) is 21.0. The summed E-state index contributed by atoms with van der Waals surface area (Å²) in [7, 11) is 0. The monoisotopic (exact) mass is 717 g/mol. The summed E-state index contributed by atoms with van der Waals surface area (Å²) in [5.74, 6) is -4.98. The number of carbonyl (C=O) groups excluding carboxylic acids is 2. The van der Waals surface area contributed by atoms with Crippen LogP contribution in [0.1, 0.15) is 219 Å². The van der Waals surface area contributed by atoms with Crippen LogP contribution in [-0.2, 0) is 19.1 Å². The second-order valence-corrected chi connectivity index (χ2v) is 14.7. The average molecular weight is 717 g/mol. The summed E-state index contributed by atoms with van der Waals surface area (Å²) in [4.78, 5) is 25.1. The van der Waals surface area contributed by atoms with Gasteiger partial charge >= 0.3 is 17.9 Å². The molecule has 0 spiro atoms. The van der Waals surface area contributed by atoms with Crippen molar-refractivity contribution in [1.82, 2.24) is 0 Å². The highest BCUT2D eigenvalue weighted by atomic mass is 16.8. The number of ether oxygens (including phenoxy) is 2. The van der Waals surface area contributed by atoms with Gasteiger partial charge in [0.15, 0.2) is 6.10 Å². The van der Waals surface area contributed by atoms with Gasteiger partial charge in [0.1, 0.15) is 12.2 Å². The summed E-state index contributed by atoms with van der Waals surface area (Å²) in [6.07, 6.45) is 28.8. The lowest BCUT2D eigenvalue weighted by Crippen LogP contribution is -2.58. The molecule has 0 aromatic heterocycles. The fourth-order valence-electron chi connectivity index (χ4n) is 6.39. The Morgan fingerprint density at radius 2 is 0.700 bits per heavy atom. The van der Waals surface area contributed by atoms with E-state index in [2.05, 4.69) is 13.8 Å². The number of hydrogen-bond donors (Lipinski definition) is 5. The van der Waals surface area contributed by atoms with E-state index in [4.69, 9.17) is 14.6 Å². The Morgan fingerprint density at radius 1 is 0.460 bits per heavy atom. The third-order valence-corrected chi connectivity index (χ3v) is 9.77. The summed E-state index contributed by atoms with van der Waals surface area (Å²) >= 11 is 0. The van der Waals surface area contributed by atoms with Gasteiger partial charge in [0.25, 0.3) is 0 Å². The third-order valence-electron chi connectivity index (χ3n) is 9.77. The van der Waals surface area contributed by atoms with Gasteiger partial charge in [-0.25, -0.2) is 0 Å². The van der Waals surface area contributed by atoms with Crippen LogP contribution < -0.4 is 0 Å². The van der Waals surface area contributed by atoms with Crippen LogP contribution in [0.4, 0.5) is 0 Å². The van der Waals surface area contributed by atoms with E-state index >= 15 is 0 Å². The average Bonchev–Trinajstić information content (AvgIpc) is 3.10. The van der Waals surface area contributed by atoms with Gasteiger partial charge in [0.05, 0.1) is 6.61 Å². The first kappa shape index (κ1) is 48.7.